The Balaban J connectivity index is 2.82. The van der Waals surface area contributed by atoms with Gasteiger partial charge in [0.2, 0.25) is 0 Å². The molecule has 0 saturated carbocycles. The Bertz CT molecular complexity index is 781. The Hall–Kier alpha value is -2.40. The smallest absolute Gasteiger partial charge is 0.357 e. The van der Waals surface area contributed by atoms with Gasteiger partial charge in [-0.1, -0.05) is 0 Å². The second-order valence-electron chi connectivity index (χ2n) is 4.00. The fourth-order valence-corrected chi connectivity index (χ4v) is 2.24. The summed E-state index contributed by atoms with van der Waals surface area (Å²) in [7, 11) is 1.13. The zero-order chi connectivity index (χ0) is 15.7. The molecule has 0 bridgehead atoms. The van der Waals surface area contributed by atoms with Crippen LogP contribution in [0.5, 0.6) is 0 Å². The van der Waals surface area contributed by atoms with Crippen molar-refractivity contribution in [2.75, 3.05) is 12.8 Å². The van der Waals surface area contributed by atoms with Gasteiger partial charge in [0, 0.05) is 12.3 Å². The third-order valence-corrected chi connectivity index (χ3v) is 3.56. The van der Waals surface area contributed by atoms with E-state index >= 15 is 0 Å². The lowest BCUT2D eigenvalue weighted by atomic mass is 10.2. The highest BCUT2D eigenvalue weighted by molar-refractivity contribution is 9.10. The van der Waals surface area contributed by atoms with Crippen LogP contribution >= 0.6 is 15.9 Å². The second-order valence-corrected chi connectivity index (χ2v) is 4.79. The number of methoxy groups -OCH3 is 1. The van der Waals surface area contributed by atoms with Gasteiger partial charge in [0.25, 0.3) is 0 Å². The van der Waals surface area contributed by atoms with Crippen molar-refractivity contribution in [3.05, 3.63) is 45.7 Å². The van der Waals surface area contributed by atoms with Crippen LogP contribution in [0.1, 0.15) is 16.1 Å². The zero-order valence-corrected chi connectivity index (χ0v) is 12.2. The van der Waals surface area contributed by atoms with Crippen molar-refractivity contribution in [3.8, 4) is 11.8 Å². The SMILES string of the molecule is COC(=O)c1c(N)c(C#N)cn1-c1cc(F)cc(F)c1Br. The molecule has 8 heteroatoms. The van der Waals surface area contributed by atoms with Gasteiger partial charge in [-0.2, -0.15) is 5.26 Å². The summed E-state index contributed by atoms with van der Waals surface area (Å²) in [6.45, 7) is 0. The van der Waals surface area contributed by atoms with E-state index in [2.05, 4.69) is 20.7 Å². The lowest BCUT2D eigenvalue weighted by Crippen LogP contribution is -2.12. The maximum absolute atomic E-state index is 13.6. The molecule has 0 spiro atoms. The molecule has 5 nitrogen and oxygen atoms in total. The molecule has 2 rings (SSSR count). The average Bonchev–Trinajstić information content (AvgIpc) is 2.78. The van der Waals surface area contributed by atoms with E-state index in [-0.39, 0.29) is 27.1 Å². The van der Waals surface area contributed by atoms with E-state index in [1.807, 2.05) is 0 Å². The van der Waals surface area contributed by atoms with Crippen LogP contribution in [0.2, 0.25) is 0 Å². The molecule has 21 heavy (non-hydrogen) atoms. The summed E-state index contributed by atoms with van der Waals surface area (Å²) in [4.78, 5) is 11.8. The molecule has 1 heterocycles. The number of hydrogen-bond acceptors (Lipinski definition) is 4. The largest absolute Gasteiger partial charge is 0.464 e. The molecular weight excluding hydrogens is 348 g/mol. The van der Waals surface area contributed by atoms with Crippen molar-refractivity contribution in [2.24, 2.45) is 0 Å². The minimum atomic E-state index is -0.855. The minimum absolute atomic E-state index is 0.00744. The summed E-state index contributed by atoms with van der Waals surface area (Å²) < 4.78 is 32.6. The first-order valence-corrected chi connectivity index (χ1v) is 6.34. The Labute approximate surface area is 126 Å². The van der Waals surface area contributed by atoms with Crippen molar-refractivity contribution < 1.29 is 18.3 Å². The van der Waals surface area contributed by atoms with Crippen LogP contribution < -0.4 is 5.73 Å². The van der Waals surface area contributed by atoms with Crippen LogP contribution in [-0.4, -0.2) is 17.6 Å². The summed E-state index contributed by atoms with van der Waals surface area (Å²) in [5.41, 5.74) is 5.38. The van der Waals surface area contributed by atoms with Gasteiger partial charge in [-0.25, -0.2) is 13.6 Å². The molecule has 1 aromatic heterocycles. The minimum Gasteiger partial charge on any atom is -0.464 e. The summed E-state index contributed by atoms with van der Waals surface area (Å²) in [5.74, 6) is -2.52. The molecule has 0 fully saturated rings. The maximum atomic E-state index is 13.6. The number of ether oxygens (including phenoxy) is 1. The Kier molecular flexibility index (Phi) is 3.95. The van der Waals surface area contributed by atoms with Gasteiger partial charge in [0.1, 0.15) is 17.7 Å². The number of carbonyl (C=O) groups is 1. The quantitative estimate of drug-likeness (QED) is 0.663. The number of anilines is 1. The third-order valence-electron chi connectivity index (χ3n) is 2.78. The maximum Gasteiger partial charge on any atom is 0.357 e. The van der Waals surface area contributed by atoms with Gasteiger partial charge >= 0.3 is 5.97 Å². The Morgan fingerprint density at radius 2 is 2.14 bits per heavy atom. The topological polar surface area (TPSA) is 81.0 Å². The molecule has 0 amide bonds. The molecule has 2 aromatic rings. The number of hydrogen-bond donors (Lipinski definition) is 1. The number of nitrogens with two attached hydrogens (primary N) is 1. The van der Waals surface area contributed by atoms with E-state index in [4.69, 9.17) is 11.0 Å². The van der Waals surface area contributed by atoms with Gasteiger partial charge in [0.05, 0.1) is 28.5 Å². The van der Waals surface area contributed by atoms with Gasteiger partial charge in [-0.15, -0.1) is 0 Å². The number of carbonyl (C=O) groups excluding carboxylic acids is 1. The van der Waals surface area contributed by atoms with Crippen LogP contribution in [0.25, 0.3) is 5.69 Å². The van der Waals surface area contributed by atoms with Crippen molar-refractivity contribution in [2.45, 2.75) is 0 Å². The van der Waals surface area contributed by atoms with Crippen molar-refractivity contribution >= 4 is 27.6 Å². The number of nitrogens with zero attached hydrogens (tertiary/aromatic N) is 2. The van der Waals surface area contributed by atoms with E-state index < -0.39 is 17.6 Å². The molecular formula is C13H8BrF2N3O2. The number of benzene rings is 1. The molecule has 0 aliphatic rings. The number of halogens is 3. The molecule has 0 atom stereocenters. The summed E-state index contributed by atoms with van der Waals surface area (Å²) in [6.07, 6.45) is 1.21. The first-order chi connectivity index (χ1) is 9.90. The fraction of sp³-hybridized carbons (Fsp3) is 0.0769. The summed E-state index contributed by atoms with van der Waals surface area (Å²) >= 11 is 2.97. The molecule has 0 aliphatic carbocycles. The number of nitriles is 1. The van der Waals surface area contributed by atoms with E-state index in [9.17, 15) is 13.6 Å². The summed E-state index contributed by atoms with van der Waals surface area (Å²) in [6, 6.07) is 3.48. The standard InChI is InChI=1S/C13H8BrF2N3O2/c1-21-13(20)12-11(18)6(4-17)5-19(12)9-3-7(15)2-8(16)10(9)14/h2-3,5H,18H2,1H3. The number of nitrogen functional groups attached to an aromatic ring is 1. The van der Waals surface area contributed by atoms with Gasteiger partial charge < -0.3 is 15.0 Å². The number of esters is 1. The van der Waals surface area contributed by atoms with Crippen molar-refractivity contribution in [1.29, 1.82) is 5.26 Å². The van der Waals surface area contributed by atoms with Crippen LogP contribution in [-0.2, 0) is 4.74 Å². The van der Waals surface area contributed by atoms with Crippen LogP contribution in [0.4, 0.5) is 14.5 Å². The highest BCUT2D eigenvalue weighted by Gasteiger charge is 2.23. The van der Waals surface area contributed by atoms with Crippen LogP contribution in [0.15, 0.2) is 22.8 Å². The Morgan fingerprint density at radius 1 is 1.48 bits per heavy atom. The fourth-order valence-electron chi connectivity index (χ4n) is 1.82. The first-order valence-electron chi connectivity index (χ1n) is 5.54. The van der Waals surface area contributed by atoms with Crippen LogP contribution in [0.3, 0.4) is 0 Å². The van der Waals surface area contributed by atoms with E-state index in [0.717, 1.165) is 17.7 Å². The second kappa shape index (κ2) is 5.54. The molecule has 0 unspecified atom stereocenters. The van der Waals surface area contributed by atoms with E-state index in [1.165, 1.54) is 6.20 Å². The highest BCUT2D eigenvalue weighted by Crippen LogP contribution is 2.31. The van der Waals surface area contributed by atoms with Gasteiger partial charge in [-0.05, 0) is 22.0 Å². The third kappa shape index (κ3) is 2.48. The lowest BCUT2D eigenvalue weighted by Gasteiger charge is -2.11. The number of rotatable bonds is 2. The predicted octanol–water partition coefficient (Wildman–Crippen LogP) is 2.76. The molecule has 108 valence electrons. The Morgan fingerprint density at radius 3 is 2.71 bits per heavy atom. The number of aromatic nitrogens is 1. The van der Waals surface area contributed by atoms with E-state index in [1.54, 1.807) is 6.07 Å². The molecule has 0 aliphatic heterocycles. The van der Waals surface area contributed by atoms with E-state index in [0.29, 0.717) is 6.07 Å². The lowest BCUT2D eigenvalue weighted by molar-refractivity contribution is 0.0593. The molecule has 1 aromatic carbocycles. The van der Waals surface area contributed by atoms with Crippen molar-refractivity contribution in [3.63, 3.8) is 0 Å². The normalized spacial score (nSPS) is 10.2. The molecule has 0 saturated heterocycles. The first kappa shape index (κ1) is 15.0. The zero-order valence-electron chi connectivity index (χ0n) is 10.7. The van der Waals surface area contributed by atoms with Gasteiger partial charge in [0.15, 0.2) is 5.69 Å². The summed E-state index contributed by atoms with van der Waals surface area (Å²) in [5, 5.41) is 8.98. The molecule has 2 N–H and O–H groups in total. The predicted molar refractivity (Wildman–Crippen MR) is 73.9 cm³/mol. The van der Waals surface area contributed by atoms with Crippen molar-refractivity contribution in [1.82, 2.24) is 4.57 Å². The molecule has 0 radical (unpaired) electrons. The van der Waals surface area contributed by atoms with Crippen LogP contribution in [0, 0.1) is 23.0 Å². The van der Waals surface area contributed by atoms with Gasteiger partial charge in [-0.3, -0.25) is 0 Å². The monoisotopic (exact) mass is 355 g/mol. The highest BCUT2D eigenvalue weighted by atomic mass is 79.9. The average molecular weight is 356 g/mol.